The van der Waals surface area contributed by atoms with Gasteiger partial charge in [0, 0.05) is 44.5 Å². The number of carbonyl (C=O) groups is 3. The summed E-state index contributed by atoms with van der Waals surface area (Å²) < 4.78 is 16.4. The van der Waals surface area contributed by atoms with Crippen LogP contribution in [0.5, 0.6) is 0 Å². The van der Waals surface area contributed by atoms with E-state index in [4.69, 9.17) is 32.2 Å². The van der Waals surface area contributed by atoms with Gasteiger partial charge in [-0.25, -0.2) is 19.4 Å². The zero-order valence-electron chi connectivity index (χ0n) is 24.0. The van der Waals surface area contributed by atoms with Gasteiger partial charge in [0.15, 0.2) is 0 Å². The highest BCUT2D eigenvalue weighted by atomic mass is 32.1. The van der Waals surface area contributed by atoms with Crippen LogP contribution in [-0.4, -0.2) is 87.6 Å². The van der Waals surface area contributed by atoms with Crippen LogP contribution < -0.4 is 11.1 Å². The molecule has 1 aromatic heterocycles. The first kappa shape index (κ1) is 33.4. The molecule has 0 aromatic carbocycles. The fraction of sp³-hybridized carbons (Fsp3) is 0.720. The van der Waals surface area contributed by atoms with Crippen LogP contribution in [-0.2, 0) is 20.6 Å². The molecule has 0 atom stereocenters. The van der Waals surface area contributed by atoms with Crippen molar-refractivity contribution < 1.29 is 28.6 Å². The maximum absolute atomic E-state index is 13.0. The minimum atomic E-state index is -0.717. The summed E-state index contributed by atoms with van der Waals surface area (Å²) in [5, 5.41) is 5.19. The number of nitrogens with zero attached hydrogens (tertiary/aromatic N) is 3. The van der Waals surface area contributed by atoms with Gasteiger partial charge >= 0.3 is 18.3 Å². The highest BCUT2D eigenvalue weighted by Gasteiger charge is 2.26. The topological polar surface area (TPSA) is 136 Å². The number of thiocarbonyl (C=S) groups is 1. The Bertz CT molecular complexity index is 963. The van der Waals surface area contributed by atoms with Crippen molar-refractivity contribution in [2.24, 2.45) is 5.73 Å². The lowest BCUT2D eigenvalue weighted by molar-refractivity contribution is 0.0134. The van der Waals surface area contributed by atoms with E-state index in [1.54, 1.807) is 67.7 Å². The average Bonchev–Trinajstić information content (AvgIpc) is 3.17. The number of aromatic nitrogens is 1. The molecule has 38 heavy (non-hydrogen) atoms. The summed E-state index contributed by atoms with van der Waals surface area (Å²) in [6.07, 6.45) is -1.20. The molecule has 3 amide bonds. The standard InChI is InChI=1S/C25H43N5O6S2/c1-23(2,3)34-20(31)27-11-13-30(22(33)36-25(7,8)9)15-14-29(21(32)35-24(4,5)6)12-10-18-28-17(16-38-18)19(26)37/h16H,10-15H2,1-9H3,(H2,26,37)(H,27,31). The molecule has 3 N–H and O–H groups in total. The molecule has 1 rings (SSSR count). The van der Waals surface area contributed by atoms with Crippen LogP contribution in [0.15, 0.2) is 5.38 Å². The molecular weight excluding hydrogens is 530 g/mol. The first-order chi connectivity index (χ1) is 17.3. The summed E-state index contributed by atoms with van der Waals surface area (Å²) in [5.74, 6) is 0. The van der Waals surface area contributed by atoms with Gasteiger partial charge in [-0.3, -0.25) is 0 Å². The number of rotatable bonds is 10. The monoisotopic (exact) mass is 573 g/mol. The van der Waals surface area contributed by atoms with Gasteiger partial charge in [0.2, 0.25) is 0 Å². The predicted molar refractivity (Wildman–Crippen MR) is 152 cm³/mol. The van der Waals surface area contributed by atoms with E-state index in [2.05, 4.69) is 10.3 Å². The van der Waals surface area contributed by atoms with Crippen molar-refractivity contribution in [2.45, 2.75) is 85.5 Å². The summed E-state index contributed by atoms with van der Waals surface area (Å²) in [6, 6.07) is 0. The van der Waals surface area contributed by atoms with Crippen molar-refractivity contribution in [3.8, 4) is 0 Å². The van der Waals surface area contributed by atoms with E-state index in [1.807, 2.05) is 0 Å². The number of hydrogen-bond donors (Lipinski definition) is 2. The van der Waals surface area contributed by atoms with Crippen LogP contribution in [0.25, 0.3) is 0 Å². The van der Waals surface area contributed by atoms with Crippen LogP contribution >= 0.6 is 23.6 Å². The second kappa shape index (κ2) is 13.9. The van der Waals surface area contributed by atoms with Crippen LogP contribution in [0, 0.1) is 0 Å². The lowest BCUT2D eigenvalue weighted by Gasteiger charge is -2.31. The summed E-state index contributed by atoms with van der Waals surface area (Å²) >= 11 is 6.38. The van der Waals surface area contributed by atoms with Gasteiger partial charge in [-0.2, -0.15) is 0 Å². The molecule has 11 nitrogen and oxygen atoms in total. The van der Waals surface area contributed by atoms with E-state index in [9.17, 15) is 14.4 Å². The van der Waals surface area contributed by atoms with Crippen molar-refractivity contribution in [1.29, 1.82) is 0 Å². The van der Waals surface area contributed by atoms with E-state index in [-0.39, 0.29) is 31.2 Å². The molecule has 0 saturated heterocycles. The Hall–Kier alpha value is -2.67. The highest BCUT2D eigenvalue weighted by Crippen LogP contribution is 2.15. The summed E-state index contributed by atoms with van der Waals surface area (Å²) in [6.45, 7) is 16.9. The molecule has 0 radical (unpaired) electrons. The Morgan fingerprint density at radius 1 is 0.868 bits per heavy atom. The molecule has 0 bridgehead atoms. The minimum absolute atomic E-state index is 0.140. The second-order valence-electron chi connectivity index (χ2n) is 11.6. The van der Waals surface area contributed by atoms with Crippen molar-refractivity contribution in [1.82, 2.24) is 20.1 Å². The van der Waals surface area contributed by atoms with Crippen molar-refractivity contribution >= 4 is 46.8 Å². The van der Waals surface area contributed by atoms with E-state index >= 15 is 0 Å². The third-order valence-electron chi connectivity index (χ3n) is 4.39. The zero-order valence-corrected chi connectivity index (χ0v) is 25.6. The quantitative estimate of drug-likeness (QED) is 0.310. The minimum Gasteiger partial charge on any atom is -0.444 e. The molecule has 0 fully saturated rings. The lowest BCUT2D eigenvalue weighted by atomic mass is 10.2. The molecule has 13 heteroatoms. The number of carbonyl (C=O) groups excluding carboxylic acids is 3. The Morgan fingerprint density at radius 3 is 1.76 bits per heavy atom. The van der Waals surface area contributed by atoms with E-state index in [0.717, 1.165) is 5.01 Å². The van der Waals surface area contributed by atoms with Gasteiger partial charge in [-0.15, -0.1) is 11.3 Å². The fourth-order valence-electron chi connectivity index (χ4n) is 2.86. The van der Waals surface area contributed by atoms with E-state index in [0.29, 0.717) is 18.7 Å². The number of nitrogens with one attached hydrogen (secondary N) is 1. The molecule has 0 aliphatic rings. The number of alkyl carbamates (subject to hydrolysis) is 1. The van der Waals surface area contributed by atoms with Gasteiger partial charge in [0.05, 0.1) is 5.01 Å². The molecule has 1 aromatic rings. The summed E-state index contributed by atoms with van der Waals surface area (Å²) in [5.41, 5.74) is 4.13. The summed E-state index contributed by atoms with van der Waals surface area (Å²) in [4.78, 5) is 45.5. The van der Waals surface area contributed by atoms with Gasteiger partial charge in [0.25, 0.3) is 0 Å². The third-order valence-corrected chi connectivity index (χ3v) is 5.51. The third kappa shape index (κ3) is 14.3. The van der Waals surface area contributed by atoms with E-state index < -0.39 is 35.1 Å². The van der Waals surface area contributed by atoms with Crippen LogP contribution in [0.2, 0.25) is 0 Å². The van der Waals surface area contributed by atoms with Gasteiger partial charge in [-0.1, -0.05) is 12.2 Å². The Labute approximate surface area is 235 Å². The first-order valence-electron chi connectivity index (χ1n) is 12.4. The second-order valence-corrected chi connectivity index (χ2v) is 13.0. The molecule has 0 aliphatic heterocycles. The summed E-state index contributed by atoms with van der Waals surface area (Å²) in [7, 11) is 0. The smallest absolute Gasteiger partial charge is 0.410 e. The lowest BCUT2D eigenvalue weighted by Crippen LogP contribution is -2.47. The zero-order chi connectivity index (χ0) is 29.3. The number of thiazole rings is 1. The predicted octanol–water partition coefficient (Wildman–Crippen LogP) is 4.32. The molecule has 0 saturated carbocycles. The maximum atomic E-state index is 13.0. The van der Waals surface area contributed by atoms with Crippen LogP contribution in [0.3, 0.4) is 0 Å². The molecule has 0 aliphatic carbocycles. The van der Waals surface area contributed by atoms with E-state index in [1.165, 1.54) is 21.1 Å². The number of ether oxygens (including phenoxy) is 3. The van der Waals surface area contributed by atoms with Gasteiger partial charge < -0.3 is 35.1 Å². The fourth-order valence-corrected chi connectivity index (χ4v) is 3.83. The average molecular weight is 574 g/mol. The van der Waals surface area contributed by atoms with Crippen LogP contribution in [0.1, 0.15) is 73.0 Å². The molecule has 1 heterocycles. The van der Waals surface area contributed by atoms with Crippen LogP contribution in [0.4, 0.5) is 14.4 Å². The first-order valence-corrected chi connectivity index (χ1v) is 13.7. The largest absolute Gasteiger partial charge is 0.444 e. The highest BCUT2D eigenvalue weighted by molar-refractivity contribution is 7.80. The molecule has 0 unspecified atom stereocenters. The molecule has 216 valence electrons. The SMILES string of the molecule is CC(C)(C)OC(=O)NCCN(CCN(CCc1nc(C(N)=S)cs1)C(=O)OC(C)(C)C)C(=O)OC(C)(C)C. The Kier molecular flexibility index (Phi) is 12.2. The van der Waals surface area contributed by atoms with Crippen molar-refractivity contribution in [3.63, 3.8) is 0 Å². The number of amides is 3. The van der Waals surface area contributed by atoms with Crippen molar-refractivity contribution in [3.05, 3.63) is 16.1 Å². The Morgan fingerprint density at radius 2 is 1.34 bits per heavy atom. The Balaban J connectivity index is 2.95. The molecular formula is C25H43N5O6S2. The molecule has 0 spiro atoms. The number of hydrogen-bond acceptors (Lipinski definition) is 9. The van der Waals surface area contributed by atoms with Crippen molar-refractivity contribution in [2.75, 3.05) is 32.7 Å². The van der Waals surface area contributed by atoms with Gasteiger partial charge in [-0.05, 0) is 62.3 Å². The number of nitrogens with two attached hydrogens (primary N) is 1. The van der Waals surface area contributed by atoms with Gasteiger partial charge in [0.1, 0.15) is 27.5 Å². The normalized spacial score (nSPS) is 11.9. The maximum Gasteiger partial charge on any atom is 0.410 e.